The van der Waals surface area contributed by atoms with Crippen LogP contribution in [-0.2, 0) is 9.84 Å². The van der Waals surface area contributed by atoms with Gasteiger partial charge in [-0.3, -0.25) is 0 Å². The van der Waals surface area contributed by atoms with Gasteiger partial charge >= 0.3 is 0 Å². The average molecular weight is 600 g/mol. The lowest BCUT2D eigenvalue weighted by atomic mass is 9.98. The summed E-state index contributed by atoms with van der Waals surface area (Å²) in [5.41, 5.74) is 8.21. The Balaban J connectivity index is 1.22. The van der Waals surface area contributed by atoms with Crippen molar-refractivity contribution in [3.63, 3.8) is 0 Å². The Kier molecular flexibility index (Phi) is 6.43. The summed E-state index contributed by atoms with van der Waals surface area (Å²) in [6, 6.07) is 49.2. The van der Waals surface area contributed by atoms with Crippen molar-refractivity contribution in [3.05, 3.63) is 152 Å². The zero-order chi connectivity index (χ0) is 30.4. The van der Waals surface area contributed by atoms with E-state index < -0.39 is 9.84 Å². The van der Waals surface area contributed by atoms with Crippen LogP contribution in [0.1, 0.15) is 0 Å². The predicted molar refractivity (Wildman–Crippen MR) is 178 cm³/mol. The van der Waals surface area contributed by atoms with Gasteiger partial charge in [-0.25, -0.2) is 23.4 Å². The topological polar surface area (TPSA) is 72.8 Å². The van der Waals surface area contributed by atoms with E-state index in [1.807, 2.05) is 109 Å². The summed E-state index contributed by atoms with van der Waals surface area (Å²) in [6.07, 6.45) is 0. The normalized spacial score (nSPS) is 12.8. The molecule has 7 aromatic rings. The molecule has 1 aromatic heterocycles. The predicted octanol–water partition coefficient (Wildman–Crippen LogP) is 9.02. The quantitative estimate of drug-likeness (QED) is 0.197. The average Bonchev–Trinajstić information content (AvgIpc) is 3.34. The molecule has 0 saturated carbocycles. The maximum atomic E-state index is 13.1. The van der Waals surface area contributed by atoms with E-state index in [-0.39, 0.29) is 0 Å². The molecule has 0 fully saturated rings. The van der Waals surface area contributed by atoms with Crippen LogP contribution < -0.4 is 0 Å². The molecule has 0 spiro atoms. The van der Waals surface area contributed by atoms with E-state index in [9.17, 15) is 8.42 Å². The van der Waals surface area contributed by atoms with E-state index in [0.29, 0.717) is 27.3 Å². The van der Waals surface area contributed by atoms with Gasteiger partial charge in [-0.2, -0.15) is 0 Å². The number of nitrogens with zero attached hydrogens (tertiary/aromatic N) is 3. The second-order valence-electron chi connectivity index (χ2n) is 10.9. The Bertz CT molecular complexity index is 2320. The third kappa shape index (κ3) is 4.82. The number of rotatable bonds is 5. The number of benzene rings is 6. The van der Waals surface area contributed by atoms with Crippen LogP contribution in [0.25, 0.3) is 67.5 Å². The second-order valence-corrected chi connectivity index (χ2v) is 12.8. The summed E-state index contributed by atoms with van der Waals surface area (Å²) in [5.74, 6) is 1.73. The largest absolute Gasteiger partial charge is 0.218 e. The van der Waals surface area contributed by atoms with Crippen molar-refractivity contribution in [3.8, 4) is 67.5 Å². The van der Waals surface area contributed by atoms with Gasteiger partial charge in [-0.05, 0) is 46.5 Å². The van der Waals surface area contributed by atoms with Gasteiger partial charge in [-0.15, -0.1) is 0 Å². The van der Waals surface area contributed by atoms with Crippen molar-refractivity contribution >= 4 is 9.84 Å². The Morgan fingerprint density at radius 1 is 0.333 bits per heavy atom. The molecule has 214 valence electrons. The summed E-state index contributed by atoms with van der Waals surface area (Å²) in [6.45, 7) is 0. The van der Waals surface area contributed by atoms with E-state index in [4.69, 9.17) is 15.0 Å². The van der Waals surface area contributed by atoms with Crippen LogP contribution in [0, 0.1) is 0 Å². The maximum absolute atomic E-state index is 13.1. The molecular weight excluding hydrogens is 575 g/mol. The molecule has 0 unspecified atom stereocenters. The van der Waals surface area contributed by atoms with Crippen molar-refractivity contribution in [2.24, 2.45) is 0 Å². The van der Waals surface area contributed by atoms with Crippen molar-refractivity contribution in [1.29, 1.82) is 0 Å². The van der Waals surface area contributed by atoms with Crippen molar-refractivity contribution in [2.75, 3.05) is 0 Å². The zero-order valence-electron chi connectivity index (χ0n) is 24.0. The Hall–Kier alpha value is -5.72. The first-order valence-electron chi connectivity index (χ1n) is 14.6. The van der Waals surface area contributed by atoms with Crippen LogP contribution >= 0.6 is 0 Å². The molecule has 0 saturated heterocycles. The molecule has 0 atom stereocenters. The lowest BCUT2D eigenvalue weighted by Gasteiger charge is -2.11. The highest BCUT2D eigenvalue weighted by Crippen LogP contribution is 2.44. The molecule has 1 aliphatic rings. The molecule has 0 bridgehead atoms. The smallest absolute Gasteiger partial charge is 0.207 e. The Morgan fingerprint density at radius 2 is 0.778 bits per heavy atom. The van der Waals surface area contributed by atoms with Crippen LogP contribution in [0.4, 0.5) is 0 Å². The van der Waals surface area contributed by atoms with E-state index >= 15 is 0 Å². The molecule has 45 heavy (non-hydrogen) atoms. The molecule has 2 heterocycles. The summed E-state index contributed by atoms with van der Waals surface area (Å²) in [5, 5.41) is 0. The second kappa shape index (κ2) is 10.8. The molecule has 6 heteroatoms. The molecule has 5 nitrogen and oxygen atoms in total. The van der Waals surface area contributed by atoms with Crippen LogP contribution in [0.3, 0.4) is 0 Å². The highest BCUT2D eigenvalue weighted by atomic mass is 32.2. The fraction of sp³-hybridized carbons (Fsp3) is 0. The van der Waals surface area contributed by atoms with E-state index in [2.05, 4.69) is 24.3 Å². The number of fused-ring (bicyclic) bond motifs is 3. The van der Waals surface area contributed by atoms with Crippen LogP contribution in [0.5, 0.6) is 0 Å². The van der Waals surface area contributed by atoms with Crippen molar-refractivity contribution in [2.45, 2.75) is 9.79 Å². The zero-order valence-corrected chi connectivity index (χ0v) is 24.8. The first-order chi connectivity index (χ1) is 22.0. The number of hydrogen-bond acceptors (Lipinski definition) is 5. The fourth-order valence-corrected chi connectivity index (χ4v) is 7.49. The summed E-state index contributed by atoms with van der Waals surface area (Å²) < 4.78 is 26.3. The maximum Gasteiger partial charge on any atom is 0.207 e. The van der Waals surface area contributed by atoms with E-state index in [1.54, 1.807) is 18.2 Å². The standard InChI is InChI=1S/C39H25N3O2S/c43-45(44)35-17-8-7-16-33(35)34-25-31(22-23-36(34)45)30-14-9-15-32(24-30)39-41-37(28-12-5-2-6-13-28)40-38(42-39)29-20-18-27(19-21-29)26-10-3-1-4-11-26/h1-25H. The third-order valence-corrected chi connectivity index (χ3v) is 9.98. The molecule has 0 N–H and O–H groups in total. The number of aromatic nitrogens is 3. The van der Waals surface area contributed by atoms with Crippen LogP contribution in [0.15, 0.2) is 161 Å². The molecule has 0 aliphatic carbocycles. The van der Waals surface area contributed by atoms with Gasteiger partial charge in [0.15, 0.2) is 17.5 Å². The molecule has 1 aliphatic heterocycles. The molecule has 0 amide bonds. The van der Waals surface area contributed by atoms with Gasteiger partial charge in [0.05, 0.1) is 9.79 Å². The van der Waals surface area contributed by atoms with Gasteiger partial charge < -0.3 is 0 Å². The molecule has 8 rings (SSSR count). The fourth-order valence-electron chi connectivity index (χ4n) is 5.83. The van der Waals surface area contributed by atoms with Crippen molar-refractivity contribution in [1.82, 2.24) is 15.0 Å². The molecule has 0 radical (unpaired) electrons. The SMILES string of the molecule is O=S1(=O)c2ccccc2-c2cc(-c3cccc(-c4nc(-c5ccccc5)nc(-c5ccc(-c6ccccc6)cc5)n4)c3)ccc21. The minimum atomic E-state index is -3.52. The van der Waals surface area contributed by atoms with Gasteiger partial charge in [0.25, 0.3) is 0 Å². The minimum Gasteiger partial charge on any atom is -0.218 e. The minimum absolute atomic E-state index is 0.344. The summed E-state index contributed by atoms with van der Waals surface area (Å²) in [7, 11) is -3.52. The first-order valence-corrected chi connectivity index (χ1v) is 16.1. The number of hydrogen-bond donors (Lipinski definition) is 0. The van der Waals surface area contributed by atoms with E-state index in [0.717, 1.165) is 50.1 Å². The highest BCUT2D eigenvalue weighted by Gasteiger charge is 2.32. The Morgan fingerprint density at radius 3 is 1.49 bits per heavy atom. The highest BCUT2D eigenvalue weighted by molar-refractivity contribution is 7.92. The third-order valence-electron chi connectivity index (χ3n) is 8.11. The van der Waals surface area contributed by atoms with Crippen molar-refractivity contribution < 1.29 is 8.42 Å². The molecular formula is C39H25N3O2S. The summed E-state index contributed by atoms with van der Waals surface area (Å²) >= 11 is 0. The van der Waals surface area contributed by atoms with Gasteiger partial charge in [0.2, 0.25) is 9.84 Å². The van der Waals surface area contributed by atoms with Gasteiger partial charge in [0, 0.05) is 27.8 Å². The lowest BCUT2D eigenvalue weighted by molar-refractivity contribution is 0.598. The molecule has 6 aromatic carbocycles. The van der Waals surface area contributed by atoms with Crippen LogP contribution in [0.2, 0.25) is 0 Å². The van der Waals surface area contributed by atoms with Gasteiger partial charge in [-0.1, -0.05) is 127 Å². The van der Waals surface area contributed by atoms with Crippen LogP contribution in [-0.4, -0.2) is 23.4 Å². The first kappa shape index (κ1) is 26.9. The lowest BCUT2D eigenvalue weighted by Crippen LogP contribution is -2.00. The number of sulfone groups is 1. The van der Waals surface area contributed by atoms with E-state index in [1.165, 1.54) is 0 Å². The monoisotopic (exact) mass is 599 g/mol. The van der Waals surface area contributed by atoms with Gasteiger partial charge in [0.1, 0.15) is 0 Å². The summed E-state index contributed by atoms with van der Waals surface area (Å²) in [4.78, 5) is 15.4. The Labute approximate surface area is 261 Å².